The highest BCUT2D eigenvalue weighted by Gasteiger charge is 2.42. The van der Waals surface area contributed by atoms with Gasteiger partial charge in [-0.05, 0) is 37.8 Å². The Kier molecular flexibility index (Phi) is 4.52. The van der Waals surface area contributed by atoms with Crippen molar-refractivity contribution in [1.29, 1.82) is 0 Å². The lowest BCUT2D eigenvalue weighted by atomic mass is 9.85. The van der Waals surface area contributed by atoms with E-state index >= 15 is 0 Å². The summed E-state index contributed by atoms with van der Waals surface area (Å²) in [5.41, 5.74) is 5.39. The third-order valence-corrected chi connectivity index (χ3v) is 5.83. The Morgan fingerprint density at radius 2 is 1.62 bits per heavy atom. The number of carbonyl (C=O) groups is 1. The van der Waals surface area contributed by atoms with Crippen LogP contribution in [0.3, 0.4) is 0 Å². The van der Waals surface area contributed by atoms with Gasteiger partial charge in [-0.2, -0.15) is 0 Å². The summed E-state index contributed by atoms with van der Waals surface area (Å²) in [4.78, 5) is 18.6. The van der Waals surface area contributed by atoms with Gasteiger partial charge in [0.1, 0.15) is 0 Å². The molecular weight excluding hydrogens is 264 g/mol. The summed E-state index contributed by atoms with van der Waals surface area (Å²) in [5.74, 6) is 1.87. The molecule has 0 unspecified atom stereocenters. The number of amides is 1. The largest absolute Gasteiger partial charge is 0.338 e. The molecule has 0 atom stereocenters. The summed E-state index contributed by atoms with van der Waals surface area (Å²) in [6.07, 6.45) is 2.74. The van der Waals surface area contributed by atoms with Crippen molar-refractivity contribution in [3.63, 3.8) is 0 Å². The van der Waals surface area contributed by atoms with Crippen molar-refractivity contribution < 1.29 is 4.79 Å². The molecule has 0 aromatic heterocycles. The molecule has 3 rings (SSSR count). The van der Waals surface area contributed by atoms with Gasteiger partial charge in [0.2, 0.25) is 5.91 Å². The van der Waals surface area contributed by atoms with Gasteiger partial charge in [-0.25, -0.2) is 0 Å². The van der Waals surface area contributed by atoms with Crippen molar-refractivity contribution in [1.82, 2.24) is 14.7 Å². The Labute approximate surface area is 128 Å². The first-order valence-corrected chi connectivity index (χ1v) is 8.54. The van der Waals surface area contributed by atoms with Crippen LogP contribution in [0.15, 0.2) is 0 Å². The highest BCUT2D eigenvalue weighted by molar-refractivity contribution is 5.78. The zero-order chi connectivity index (χ0) is 15.0. The average Bonchev–Trinajstić information content (AvgIpc) is 2.39. The normalized spacial score (nSPS) is 27.0. The van der Waals surface area contributed by atoms with Gasteiger partial charge < -0.3 is 10.6 Å². The van der Waals surface area contributed by atoms with Gasteiger partial charge in [0.05, 0.1) is 6.54 Å². The standard InChI is InChI=1S/C16H30N4O/c1-12(2)13-3-5-18(6-4-13)14-8-19(9-14)15-10-20(11-15)16(21)7-17/h12-15H,3-11,17H2,1-2H3. The summed E-state index contributed by atoms with van der Waals surface area (Å²) in [5, 5.41) is 0. The summed E-state index contributed by atoms with van der Waals surface area (Å²) >= 11 is 0. The number of rotatable bonds is 4. The SMILES string of the molecule is CC(C)C1CCN(C2CN(C3CN(C(=O)CN)C3)C2)CC1. The lowest BCUT2D eigenvalue weighted by Crippen LogP contribution is -2.71. The van der Waals surface area contributed by atoms with Crippen LogP contribution in [0.5, 0.6) is 0 Å². The number of nitrogens with two attached hydrogens (primary N) is 1. The van der Waals surface area contributed by atoms with Crippen molar-refractivity contribution in [3.05, 3.63) is 0 Å². The fraction of sp³-hybridized carbons (Fsp3) is 0.938. The number of carbonyl (C=O) groups excluding carboxylic acids is 1. The smallest absolute Gasteiger partial charge is 0.236 e. The Morgan fingerprint density at radius 3 is 2.14 bits per heavy atom. The summed E-state index contributed by atoms with van der Waals surface area (Å²) < 4.78 is 0. The Bertz CT molecular complexity index is 366. The molecule has 1 amide bonds. The number of piperidine rings is 1. The van der Waals surface area contributed by atoms with Crippen LogP contribution in [-0.2, 0) is 4.79 Å². The quantitative estimate of drug-likeness (QED) is 0.805. The monoisotopic (exact) mass is 294 g/mol. The van der Waals surface area contributed by atoms with Crippen molar-refractivity contribution in [2.24, 2.45) is 17.6 Å². The molecule has 3 aliphatic rings. The van der Waals surface area contributed by atoms with Crippen LogP contribution in [0.4, 0.5) is 0 Å². The van der Waals surface area contributed by atoms with Crippen LogP contribution in [0, 0.1) is 11.8 Å². The van der Waals surface area contributed by atoms with Gasteiger partial charge in [-0.3, -0.25) is 14.6 Å². The molecule has 120 valence electrons. The van der Waals surface area contributed by atoms with E-state index in [4.69, 9.17) is 5.73 Å². The predicted octanol–water partition coefficient (Wildman–Crippen LogP) is 0.208. The molecule has 2 N–H and O–H groups in total. The Hall–Kier alpha value is -0.650. The molecule has 3 heterocycles. The van der Waals surface area contributed by atoms with Gasteiger partial charge in [-0.1, -0.05) is 13.8 Å². The molecule has 0 bridgehead atoms. The first-order chi connectivity index (χ1) is 10.1. The molecule has 0 radical (unpaired) electrons. The molecule has 3 aliphatic heterocycles. The van der Waals surface area contributed by atoms with E-state index in [9.17, 15) is 4.79 Å². The van der Waals surface area contributed by atoms with Gasteiger partial charge in [0.25, 0.3) is 0 Å². The summed E-state index contributed by atoms with van der Waals surface area (Å²) in [6, 6.07) is 1.35. The molecule has 0 aromatic carbocycles. The Morgan fingerprint density at radius 1 is 1.05 bits per heavy atom. The van der Waals surface area contributed by atoms with E-state index in [1.165, 1.54) is 39.0 Å². The van der Waals surface area contributed by atoms with Crippen molar-refractivity contribution in [2.75, 3.05) is 45.8 Å². The van der Waals surface area contributed by atoms with Gasteiger partial charge in [0.15, 0.2) is 0 Å². The molecule has 3 saturated heterocycles. The molecule has 0 aliphatic carbocycles. The van der Waals surface area contributed by atoms with E-state index in [0.29, 0.717) is 6.04 Å². The lowest BCUT2D eigenvalue weighted by molar-refractivity contribution is -0.140. The van der Waals surface area contributed by atoms with Crippen LogP contribution in [-0.4, -0.2) is 78.5 Å². The van der Waals surface area contributed by atoms with Crippen LogP contribution in [0.1, 0.15) is 26.7 Å². The highest BCUT2D eigenvalue weighted by Crippen LogP contribution is 2.29. The minimum absolute atomic E-state index is 0.0964. The van der Waals surface area contributed by atoms with Crippen LogP contribution >= 0.6 is 0 Å². The fourth-order valence-corrected chi connectivity index (χ4v) is 3.99. The summed E-state index contributed by atoms with van der Waals surface area (Å²) in [6.45, 7) is 11.6. The minimum atomic E-state index is 0.0964. The summed E-state index contributed by atoms with van der Waals surface area (Å²) in [7, 11) is 0. The van der Waals surface area contributed by atoms with E-state index in [-0.39, 0.29) is 12.5 Å². The van der Waals surface area contributed by atoms with Crippen LogP contribution in [0.2, 0.25) is 0 Å². The second kappa shape index (κ2) is 6.23. The van der Waals surface area contributed by atoms with Gasteiger partial charge in [-0.15, -0.1) is 0 Å². The van der Waals surface area contributed by atoms with E-state index in [2.05, 4.69) is 23.6 Å². The third-order valence-electron chi connectivity index (χ3n) is 5.83. The lowest BCUT2D eigenvalue weighted by Gasteiger charge is -2.55. The molecule has 5 nitrogen and oxygen atoms in total. The first kappa shape index (κ1) is 15.3. The number of likely N-dealkylation sites (tertiary alicyclic amines) is 3. The molecule has 0 aromatic rings. The van der Waals surface area contributed by atoms with E-state index in [1.54, 1.807) is 0 Å². The Balaban J connectivity index is 1.35. The van der Waals surface area contributed by atoms with Crippen molar-refractivity contribution in [2.45, 2.75) is 38.8 Å². The van der Waals surface area contributed by atoms with Crippen molar-refractivity contribution >= 4 is 5.91 Å². The molecule has 3 fully saturated rings. The second-order valence-electron chi connectivity index (χ2n) is 7.38. The zero-order valence-electron chi connectivity index (χ0n) is 13.5. The maximum atomic E-state index is 11.4. The van der Waals surface area contributed by atoms with E-state index in [1.807, 2.05) is 4.90 Å². The van der Waals surface area contributed by atoms with Crippen LogP contribution in [0.25, 0.3) is 0 Å². The van der Waals surface area contributed by atoms with E-state index < -0.39 is 0 Å². The first-order valence-electron chi connectivity index (χ1n) is 8.54. The number of nitrogens with zero attached hydrogens (tertiary/aromatic N) is 3. The maximum Gasteiger partial charge on any atom is 0.236 e. The number of hydrogen-bond acceptors (Lipinski definition) is 4. The van der Waals surface area contributed by atoms with Crippen molar-refractivity contribution in [3.8, 4) is 0 Å². The van der Waals surface area contributed by atoms with Gasteiger partial charge >= 0.3 is 0 Å². The zero-order valence-corrected chi connectivity index (χ0v) is 13.5. The van der Waals surface area contributed by atoms with E-state index in [0.717, 1.165) is 31.0 Å². The molecule has 5 heteroatoms. The molecule has 0 spiro atoms. The highest BCUT2D eigenvalue weighted by atomic mass is 16.2. The molecule has 21 heavy (non-hydrogen) atoms. The maximum absolute atomic E-state index is 11.4. The van der Waals surface area contributed by atoms with Gasteiger partial charge in [0, 0.05) is 38.3 Å². The fourth-order valence-electron chi connectivity index (χ4n) is 3.99. The predicted molar refractivity (Wildman–Crippen MR) is 83.9 cm³/mol. The van der Waals surface area contributed by atoms with Crippen LogP contribution < -0.4 is 5.73 Å². The molecule has 0 saturated carbocycles. The average molecular weight is 294 g/mol. The third kappa shape index (κ3) is 3.10. The minimum Gasteiger partial charge on any atom is -0.338 e. The number of hydrogen-bond donors (Lipinski definition) is 1. The second-order valence-corrected chi connectivity index (χ2v) is 7.38. The molecular formula is C16H30N4O. The topological polar surface area (TPSA) is 52.8 Å².